The van der Waals surface area contributed by atoms with Crippen LogP contribution in [0.5, 0.6) is 0 Å². The first-order valence-electron chi connectivity index (χ1n) is 4.61. The van der Waals surface area contributed by atoms with E-state index in [2.05, 4.69) is 14.5 Å². The first-order chi connectivity index (χ1) is 7.47. The fourth-order valence-corrected chi connectivity index (χ4v) is 1.30. The maximum atomic E-state index is 10.5. The summed E-state index contributed by atoms with van der Waals surface area (Å²) in [5.74, 6) is -0.777. The Bertz CT molecular complexity index is 244. The van der Waals surface area contributed by atoms with Gasteiger partial charge in [0, 0.05) is 6.92 Å². The van der Waals surface area contributed by atoms with E-state index >= 15 is 0 Å². The largest absolute Gasteiger partial charge is 0.394 e. The van der Waals surface area contributed by atoms with E-state index in [1.54, 1.807) is 0 Å². The molecule has 1 rings (SSSR count). The molecule has 0 amide bonds. The quantitative estimate of drug-likeness (QED) is 0.308. The molecule has 1 fully saturated rings. The molecular formula is C8H14O8. The summed E-state index contributed by atoms with van der Waals surface area (Å²) in [6.45, 7) is 0.489. The van der Waals surface area contributed by atoms with Crippen molar-refractivity contribution < 1.29 is 39.7 Å². The highest BCUT2D eigenvalue weighted by Crippen LogP contribution is 2.22. The molecule has 0 aromatic rings. The third-order valence-electron chi connectivity index (χ3n) is 2.12. The Morgan fingerprint density at radius 2 is 1.94 bits per heavy atom. The lowest BCUT2D eigenvalue weighted by molar-refractivity contribution is -0.373. The second-order valence-electron chi connectivity index (χ2n) is 3.36. The summed E-state index contributed by atoms with van der Waals surface area (Å²) in [5.41, 5.74) is 0. The molecule has 1 saturated heterocycles. The Morgan fingerprint density at radius 1 is 1.31 bits per heavy atom. The lowest BCUT2D eigenvalue weighted by Crippen LogP contribution is -2.59. The zero-order chi connectivity index (χ0) is 12.3. The molecule has 94 valence electrons. The molecule has 1 aliphatic rings. The molecule has 0 bridgehead atoms. The van der Waals surface area contributed by atoms with Gasteiger partial charge in [0.1, 0.15) is 18.3 Å². The van der Waals surface area contributed by atoms with Crippen LogP contribution < -0.4 is 0 Å². The summed E-state index contributed by atoms with van der Waals surface area (Å²) in [7, 11) is 0. The summed E-state index contributed by atoms with van der Waals surface area (Å²) >= 11 is 0. The van der Waals surface area contributed by atoms with Crippen LogP contribution in [0, 0.1) is 0 Å². The van der Waals surface area contributed by atoms with E-state index in [1.807, 2.05) is 0 Å². The lowest BCUT2D eigenvalue weighted by Gasteiger charge is -2.38. The minimum atomic E-state index is -1.64. The first kappa shape index (κ1) is 13.3. The minimum absolute atomic E-state index is 0.578. The standard InChI is InChI=1S/C8H14O8/c1-3(10)15-16-7-5(11)4(2-9)14-8(13)6(7)12/h4-9,11-13H,2H2,1H3/t4-,5-,6-,7+,8-/m1/s1. The number of aliphatic hydroxyl groups excluding tert-OH is 4. The molecule has 0 radical (unpaired) electrons. The molecule has 0 aromatic heterocycles. The molecule has 16 heavy (non-hydrogen) atoms. The first-order valence-corrected chi connectivity index (χ1v) is 4.61. The average molecular weight is 238 g/mol. The number of hydrogen-bond donors (Lipinski definition) is 4. The van der Waals surface area contributed by atoms with Crippen LogP contribution in [0.25, 0.3) is 0 Å². The van der Waals surface area contributed by atoms with Crippen LogP contribution in [0.15, 0.2) is 0 Å². The van der Waals surface area contributed by atoms with Crippen molar-refractivity contribution >= 4 is 5.97 Å². The number of rotatable bonds is 3. The Hall–Kier alpha value is -0.770. The molecule has 0 spiro atoms. The molecule has 0 aromatic carbocycles. The Labute approximate surface area is 90.9 Å². The van der Waals surface area contributed by atoms with E-state index < -0.39 is 43.3 Å². The fourth-order valence-electron chi connectivity index (χ4n) is 1.30. The van der Waals surface area contributed by atoms with Gasteiger partial charge in [-0.15, -0.1) is 0 Å². The van der Waals surface area contributed by atoms with Crippen molar-refractivity contribution in [2.24, 2.45) is 0 Å². The van der Waals surface area contributed by atoms with Gasteiger partial charge in [-0.25, -0.2) is 4.79 Å². The Balaban J connectivity index is 2.65. The van der Waals surface area contributed by atoms with Gasteiger partial charge in [0.25, 0.3) is 0 Å². The van der Waals surface area contributed by atoms with Gasteiger partial charge < -0.3 is 25.2 Å². The predicted octanol–water partition coefficient (Wildman–Crippen LogP) is -2.72. The SMILES string of the molecule is CC(=O)OO[C@@H]1[C@@H](O)[C@H](O)O[C@H](CO)[C@H]1O. The van der Waals surface area contributed by atoms with Crippen LogP contribution >= 0.6 is 0 Å². The van der Waals surface area contributed by atoms with Gasteiger partial charge >= 0.3 is 5.97 Å². The molecule has 5 atom stereocenters. The summed E-state index contributed by atoms with van der Waals surface area (Å²) in [4.78, 5) is 19.1. The normalized spacial score (nSPS) is 39.4. The number of ether oxygens (including phenoxy) is 1. The highest BCUT2D eigenvalue weighted by molar-refractivity contribution is 5.65. The smallest absolute Gasteiger partial charge is 0.339 e. The van der Waals surface area contributed by atoms with Crippen molar-refractivity contribution in [1.82, 2.24) is 0 Å². The van der Waals surface area contributed by atoms with Crippen LogP contribution in [0.2, 0.25) is 0 Å². The lowest BCUT2D eigenvalue weighted by atomic mass is 9.99. The molecule has 0 unspecified atom stereocenters. The van der Waals surface area contributed by atoms with Gasteiger partial charge in [-0.05, 0) is 0 Å². The highest BCUT2D eigenvalue weighted by atomic mass is 17.2. The van der Waals surface area contributed by atoms with Crippen LogP contribution in [-0.4, -0.2) is 63.7 Å². The topological polar surface area (TPSA) is 126 Å². The summed E-state index contributed by atoms with van der Waals surface area (Å²) in [5, 5.41) is 37.0. The molecule has 1 aliphatic heterocycles. The maximum Gasteiger partial charge on any atom is 0.339 e. The van der Waals surface area contributed by atoms with Gasteiger partial charge in [-0.1, -0.05) is 0 Å². The van der Waals surface area contributed by atoms with Crippen molar-refractivity contribution in [1.29, 1.82) is 0 Å². The number of carbonyl (C=O) groups excluding carboxylic acids is 1. The van der Waals surface area contributed by atoms with Crippen molar-refractivity contribution in [3.8, 4) is 0 Å². The fraction of sp³-hybridized carbons (Fsp3) is 0.875. The van der Waals surface area contributed by atoms with Gasteiger partial charge in [0.15, 0.2) is 12.4 Å². The van der Waals surface area contributed by atoms with E-state index in [4.69, 9.17) is 5.11 Å². The van der Waals surface area contributed by atoms with Crippen LogP contribution in [0.1, 0.15) is 6.92 Å². The number of carbonyl (C=O) groups is 1. The van der Waals surface area contributed by atoms with E-state index in [1.165, 1.54) is 0 Å². The summed E-state index contributed by atoms with van der Waals surface area (Å²) in [6.07, 6.45) is -7.16. The van der Waals surface area contributed by atoms with Crippen molar-refractivity contribution in [3.05, 3.63) is 0 Å². The van der Waals surface area contributed by atoms with Crippen molar-refractivity contribution in [2.75, 3.05) is 6.61 Å². The Morgan fingerprint density at radius 3 is 2.44 bits per heavy atom. The highest BCUT2D eigenvalue weighted by Gasteiger charge is 2.45. The molecule has 8 nitrogen and oxygen atoms in total. The van der Waals surface area contributed by atoms with E-state index in [-0.39, 0.29) is 0 Å². The van der Waals surface area contributed by atoms with Crippen LogP contribution in [0.3, 0.4) is 0 Å². The third-order valence-corrected chi connectivity index (χ3v) is 2.12. The molecule has 0 aliphatic carbocycles. The van der Waals surface area contributed by atoms with E-state index in [0.717, 1.165) is 6.92 Å². The zero-order valence-electron chi connectivity index (χ0n) is 8.52. The van der Waals surface area contributed by atoms with Crippen molar-refractivity contribution in [3.63, 3.8) is 0 Å². The zero-order valence-corrected chi connectivity index (χ0v) is 8.52. The van der Waals surface area contributed by atoms with Crippen molar-refractivity contribution in [2.45, 2.75) is 37.6 Å². The Kier molecular flexibility index (Phi) is 4.59. The minimum Gasteiger partial charge on any atom is -0.394 e. The second-order valence-corrected chi connectivity index (χ2v) is 3.36. The van der Waals surface area contributed by atoms with E-state index in [9.17, 15) is 20.1 Å². The number of aliphatic hydroxyl groups is 4. The maximum absolute atomic E-state index is 10.5. The summed E-state index contributed by atoms with van der Waals surface area (Å²) < 4.78 is 4.68. The number of hydrogen-bond acceptors (Lipinski definition) is 8. The second kappa shape index (κ2) is 5.53. The van der Waals surface area contributed by atoms with Crippen LogP contribution in [-0.2, 0) is 19.3 Å². The van der Waals surface area contributed by atoms with E-state index in [0.29, 0.717) is 0 Å². The molecule has 4 N–H and O–H groups in total. The monoisotopic (exact) mass is 238 g/mol. The molecule has 0 saturated carbocycles. The molecule has 1 heterocycles. The van der Waals surface area contributed by atoms with Gasteiger partial charge in [0.2, 0.25) is 0 Å². The average Bonchev–Trinajstić information content (AvgIpc) is 2.23. The van der Waals surface area contributed by atoms with Gasteiger partial charge in [-0.3, -0.25) is 4.89 Å². The molecule has 8 heteroatoms. The molecular weight excluding hydrogens is 224 g/mol. The predicted molar refractivity (Wildman–Crippen MR) is 46.6 cm³/mol. The third kappa shape index (κ3) is 2.88. The van der Waals surface area contributed by atoms with Gasteiger partial charge in [-0.2, -0.15) is 4.89 Å². The summed E-state index contributed by atoms with van der Waals surface area (Å²) in [6, 6.07) is 0. The van der Waals surface area contributed by atoms with Crippen LogP contribution in [0.4, 0.5) is 0 Å². The van der Waals surface area contributed by atoms with Gasteiger partial charge in [0.05, 0.1) is 6.61 Å².